The first kappa shape index (κ1) is 27.6. The van der Waals surface area contributed by atoms with Crippen molar-refractivity contribution in [3.63, 3.8) is 0 Å². The fourth-order valence-electron chi connectivity index (χ4n) is 4.48. The number of halogens is 1. The lowest BCUT2D eigenvalue weighted by Crippen LogP contribution is -2.46. The molecule has 1 unspecified atom stereocenters. The second-order valence-electron chi connectivity index (χ2n) is 9.60. The van der Waals surface area contributed by atoms with E-state index in [4.69, 9.17) is 31.1 Å². The Labute approximate surface area is 220 Å². The monoisotopic (exact) mass is 514 g/mol. The number of nitrogens with zero attached hydrogens (tertiary/aromatic N) is 2. The van der Waals surface area contributed by atoms with E-state index >= 15 is 0 Å². The molecule has 190 valence electrons. The maximum Gasteiger partial charge on any atom is 0.212 e. The van der Waals surface area contributed by atoms with Crippen LogP contribution in [-0.2, 0) is 15.9 Å². The average molecular weight is 515 g/mol. The summed E-state index contributed by atoms with van der Waals surface area (Å²) in [5.74, 6) is 1.82. The second kappa shape index (κ2) is 12.3. The Hall–Kier alpha value is -1.98. The molecule has 3 rings (SSSR count). The number of aryl methyl sites for hydroxylation is 1. The summed E-state index contributed by atoms with van der Waals surface area (Å²) in [6.07, 6.45) is 1.75. The van der Waals surface area contributed by atoms with E-state index in [1.807, 2.05) is 13.8 Å². The number of benzene rings is 2. The quantitative estimate of drug-likeness (QED) is 0.338. The fourth-order valence-corrected chi connectivity index (χ4v) is 5.86. The van der Waals surface area contributed by atoms with E-state index in [9.17, 15) is 0 Å². The molecule has 35 heavy (non-hydrogen) atoms. The lowest BCUT2D eigenvalue weighted by molar-refractivity contribution is 0.253. The van der Waals surface area contributed by atoms with Gasteiger partial charge in [-0.3, -0.25) is 0 Å². The highest BCUT2D eigenvalue weighted by atomic mass is 35.5. The van der Waals surface area contributed by atoms with Gasteiger partial charge in [0, 0.05) is 14.8 Å². The molecule has 4 nitrogen and oxygen atoms in total. The number of hydrogen-bond donors (Lipinski definition) is 0. The first-order chi connectivity index (χ1) is 16.7. The fraction of sp³-hybridized carbons (Fsp3) is 0.517. The van der Waals surface area contributed by atoms with Crippen molar-refractivity contribution < 1.29 is 9.47 Å². The number of rotatable bonds is 9. The van der Waals surface area contributed by atoms with Gasteiger partial charge in [-0.05, 0) is 80.8 Å². The molecule has 0 amide bonds. The summed E-state index contributed by atoms with van der Waals surface area (Å²) in [6, 6.07) is 14.9. The smallest absolute Gasteiger partial charge is 0.212 e. The third kappa shape index (κ3) is 6.83. The van der Waals surface area contributed by atoms with Gasteiger partial charge in [0.25, 0.3) is 0 Å². The lowest BCUT2D eigenvalue weighted by atomic mass is 9.84. The Morgan fingerprint density at radius 2 is 1.71 bits per heavy atom. The van der Waals surface area contributed by atoms with E-state index < -0.39 is 5.54 Å². The normalized spacial score (nSPS) is 20.9. The largest absolute Gasteiger partial charge is 0.480 e. The SMILES string of the molecule is CCOC1=NC(C)(C[C@@H](C)c2ccc(Sc3cccc(CC)c3)cc2Cl)C(OCC)=N[C@H]1C(C)C. The highest BCUT2D eigenvalue weighted by Gasteiger charge is 2.41. The van der Waals surface area contributed by atoms with Crippen molar-refractivity contribution in [3.8, 4) is 0 Å². The van der Waals surface area contributed by atoms with Crippen molar-refractivity contribution in [2.75, 3.05) is 13.2 Å². The third-order valence-corrected chi connectivity index (χ3v) is 7.59. The van der Waals surface area contributed by atoms with Crippen LogP contribution in [0.15, 0.2) is 62.2 Å². The molecule has 0 saturated heterocycles. The summed E-state index contributed by atoms with van der Waals surface area (Å²) in [6.45, 7) is 15.8. The van der Waals surface area contributed by atoms with Gasteiger partial charge >= 0.3 is 0 Å². The van der Waals surface area contributed by atoms with Crippen LogP contribution in [0.5, 0.6) is 0 Å². The topological polar surface area (TPSA) is 43.2 Å². The van der Waals surface area contributed by atoms with Crippen LogP contribution in [0.4, 0.5) is 0 Å². The summed E-state index contributed by atoms with van der Waals surface area (Å²) in [4.78, 5) is 12.4. The van der Waals surface area contributed by atoms with Crippen LogP contribution >= 0.6 is 23.4 Å². The highest BCUT2D eigenvalue weighted by molar-refractivity contribution is 7.99. The van der Waals surface area contributed by atoms with Crippen molar-refractivity contribution in [2.45, 2.75) is 88.6 Å². The van der Waals surface area contributed by atoms with Gasteiger partial charge < -0.3 is 9.47 Å². The molecule has 2 aromatic rings. The first-order valence-corrected chi connectivity index (χ1v) is 13.9. The molecular formula is C29H39ClN2O2S. The first-order valence-electron chi connectivity index (χ1n) is 12.7. The van der Waals surface area contributed by atoms with Crippen LogP contribution in [-0.4, -0.2) is 36.6 Å². The molecule has 0 aromatic heterocycles. The van der Waals surface area contributed by atoms with Gasteiger partial charge in [-0.2, -0.15) is 0 Å². The Balaban J connectivity index is 1.83. The molecule has 0 radical (unpaired) electrons. The van der Waals surface area contributed by atoms with Gasteiger partial charge in [0.05, 0.1) is 13.2 Å². The average Bonchev–Trinajstić information content (AvgIpc) is 2.81. The maximum absolute atomic E-state index is 6.82. The van der Waals surface area contributed by atoms with E-state index in [2.05, 4.69) is 77.1 Å². The standard InChI is InChI=1S/C29H39ClN2O2S/c1-8-21-12-11-13-22(16-21)35-23-14-15-24(25(30)17-23)20(6)18-29(7)28(34-10-3)31-26(19(4)5)27(32-29)33-9-2/h11-17,19-20,26H,8-10,18H2,1-7H3/t20-,26+,29?/m1/s1. The van der Waals surface area contributed by atoms with Gasteiger partial charge in [-0.25, -0.2) is 9.98 Å². The van der Waals surface area contributed by atoms with Crippen molar-refractivity contribution >= 4 is 35.2 Å². The van der Waals surface area contributed by atoms with Gasteiger partial charge in [0.1, 0.15) is 11.6 Å². The second-order valence-corrected chi connectivity index (χ2v) is 11.2. The molecule has 3 atom stereocenters. The predicted octanol–water partition coefficient (Wildman–Crippen LogP) is 8.21. The van der Waals surface area contributed by atoms with Crippen LogP contribution in [0.3, 0.4) is 0 Å². The van der Waals surface area contributed by atoms with Gasteiger partial charge in [0.2, 0.25) is 11.8 Å². The minimum Gasteiger partial charge on any atom is -0.480 e. The van der Waals surface area contributed by atoms with Crippen molar-refractivity contribution in [3.05, 3.63) is 58.6 Å². The Morgan fingerprint density at radius 1 is 1.00 bits per heavy atom. The summed E-state index contributed by atoms with van der Waals surface area (Å²) in [5.41, 5.74) is 1.84. The number of hydrogen-bond acceptors (Lipinski definition) is 5. The number of ether oxygens (including phenoxy) is 2. The zero-order chi connectivity index (χ0) is 25.6. The zero-order valence-electron chi connectivity index (χ0n) is 22.1. The highest BCUT2D eigenvalue weighted by Crippen LogP contribution is 2.38. The minimum absolute atomic E-state index is 0.119. The molecule has 1 aliphatic rings. The molecule has 0 saturated carbocycles. The summed E-state index contributed by atoms with van der Waals surface area (Å²) >= 11 is 8.56. The van der Waals surface area contributed by atoms with E-state index in [0.717, 1.165) is 28.3 Å². The molecule has 0 N–H and O–H groups in total. The van der Waals surface area contributed by atoms with E-state index in [1.165, 1.54) is 10.5 Å². The molecule has 2 aromatic carbocycles. The predicted molar refractivity (Wildman–Crippen MR) is 150 cm³/mol. The summed E-state index contributed by atoms with van der Waals surface area (Å²) in [5, 5.41) is 0.775. The van der Waals surface area contributed by atoms with Crippen LogP contribution in [0.2, 0.25) is 5.02 Å². The Morgan fingerprint density at radius 3 is 2.34 bits per heavy atom. The Bertz CT molecular complexity index is 1070. The Kier molecular flexibility index (Phi) is 9.71. The zero-order valence-corrected chi connectivity index (χ0v) is 23.7. The molecule has 1 heterocycles. The lowest BCUT2D eigenvalue weighted by Gasteiger charge is -2.36. The molecule has 0 spiro atoms. The minimum atomic E-state index is -0.608. The molecule has 6 heteroatoms. The van der Waals surface area contributed by atoms with Crippen LogP contribution < -0.4 is 0 Å². The molecular weight excluding hydrogens is 476 g/mol. The van der Waals surface area contributed by atoms with Crippen LogP contribution in [0.1, 0.15) is 71.9 Å². The van der Waals surface area contributed by atoms with E-state index in [-0.39, 0.29) is 17.9 Å². The summed E-state index contributed by atoms with van der Waals surface area (Å²) in [7, 11) is 0. The van der Waals surface area contributed by atoms with Gasteiger partial charge in [-0.1, -0.05) is 69.3 Å². The van der Waals surface area contributed by atoms with Crippen molar-refractivity contribution in [2.24, 2.45) is 15.9 Å². The van der Waals surface area contributed by atoms with Crippen molar-refractivity contribution in [1.29, 1.82) is 0 Å². The molecule has 0 aliphatic carbocycles. The van der Waals surface area contributed by atoms with Gasteiger partial charge in [0.15, 0.2) is 0 Å². The number of aliphatic imine (C=N–C) groups is 2. The third-order valence-electron chi connectivity index (χ3n) is 6.28. The van der Waals surface area contributed by atoms with Gasteiger partial charge in [-0.15, -0.1) is 0 Å². The molecule has 0 fully saturated rings. The van der Waals surface area contributed by atoms with Crippen molar-refractivity contribution in [1.82, 2.24) is 0 Å². The van der Waals surface area contributed by atoms with E-state index in [0.29, 0.717) is 25.0 Å². The molecule has 1 aliphatic heterocycles. The van der Waals surface area contributed by atoms with Crippen LogP contribution in [0.25, 0.3) is 0 Å². The summed E-state index contributed by atoms with van der Waals surface area (Å²) < 4.78 is 12.0. The molecule has 0 bridgehead atoms. The maximum atomic E-state index is 6.82. The van der Waals surface area contributed by atoms with Crippen LogP contribution in [0, 0.1) is 5.92 Å². The van der Waals surface area contributed by atoms with E-state index in [1.54, 1.807) is 11.8 Å².